The summed E-state index contributed by atoms with van der Waals surface area (Å²) in [5, 5.41) is 8.97. The molecule has 1 rings (SSSR count). The molecule has 0 saturated heterocycles. The Balaban J connectivity index is 2.47. The standard InChI is InChI=1S/C13H17NO2/c1-3-15-11(2)16-13(10-14)9-12-7-5-4-6-8-12/h4-8,11,13H,3,9H2,1-2H3. The maximum Gasteiger partial charge on any atom is 0.156 e. The molecule has 1 aromatic rings. The summed E-state index contributed by atoms with van der Waals surface area (Å²) in [6.07, 6.45) is -0.198. The van der Waals surface area contributed by atoms with Crippen LogP contribution in [-0.2, 0) is 15.9 Å². The average Bonchev–Trinajstić information content (AvgIpc) is 2.30. The van der Waals surface area contributed by atoms with Gasteiger partial charge in [0.15, 0.2) is 12.4 Å². The van der Waals surface area contributed by atoms with Crippen molar-refractivity contribution >= 4 is 0 Å². The van der Waals surface area contributed by atoms with Crippen LogP contribution < -0.4 is 0 Å². The van der Waals surface area contributed by atoms with Crippen molar-refractivity contribution in [3.8, 4) is 6.07 Å². The van der Waals surface area contributed by atoms with E-state index in [0.29, 0.717) is 13.0 Å². The second-order valence-corrected chi connectivity index (χ2v) is 3.47. The predicted molar refractivity (Wildman–Crippen MR) is 61.7 cm³/mol. The zero-order valence-corrected chi connectivity index (χ0v) is 9.72. The van der Waals surface area contributed by atoms with E-state index in [4.69, 9.17) is 14.7 Å². The Hall–Kier alpha value is -1.37. The van der Waals surface area contributed by atoms with Crippen molar-refractivity contribution in [2.24, 2.45) is 0 Å². The van der Waals surface area contributed by atoms with Gasteiger partial charge in [0.05, 0.1) is 6.07 Å². The van der Waals surface area contributed by atoms with E-state index in [2.05, 4.69) is 6.07 Å². The molecule has 2 atom stereocenters. The fraction of sp³-hybridized carbons (Fsp3) is 0.462. The summed E-state index contributed by atoms with van der Waals surface area (Å²) >= 11 is 0. The van der Waals surface area contributed by atoms with Crippen LogP contribution in [0.5, 0.6) is 0 Å². The van der Waals surface area contributed by atoms with Crippen LogP contribution in [0.3, 0.4) is 0 Å². The summed E-state index contributed by atoms with van der Waals surface area (Å²) in [4.78, 5) is 0. The van der Waals surface area contributed by atoms with Crippen LogP contribution in [0.25, 0.3) is 0 Å². The van der Waals surface area contributed by atoms with Crippen molar-refractivity contribution < 1.29 is 9.47 Å². The summed E-state index contributed by atoms with van der Waals surface area (Å²) < 4.78 is 10.7. The Morgan fingerprint density at radius 3 is 2.56 bits per heavy atom. The Kier molecular flexibility index (Phi) is 5.55. The van der Waals surface area contributed by atoms with Gasteiger partial charge >= 0.3 is 0 Å². The van der Waals surface area contributed by atoms with Gasteiger partial charge in [-0.2, -0.15) is 5.26 Å². The lowest BCUT2D eigenvalue weighted by Crippen LogP contribution is -2.22. The van der Waals surface area contributed by atoms with Crippen molar-refractivity contribution in [2.45, 2.75) is 32.7 Å². The SMILES string of the molecule is CCOC(C)OC(C#N)Cc1ccccc1. The van der Waals surface area contributed by atoms with E-state index < -0.39 is 6.10 Å². The molecular formula is C13H17NO2. The van der Waals surface area contributed by atoms with E-state index in [1.165, 1.54) is 0 Å². The fourth-order valence-electron chi connectivity index (χ4n) is 1.46. The molecule has 0 radical (unpaired) electrons. The predicted octanol–water partition coefficient (Wildman–Crippen LogP) is 2.52. The number of hydrogen-bond acceptors (Lipinski definition) is 3. The summed E-state index contributed by atoms with van der Waals surface area (Å²) in [6, 6.07) is 12.0. The third-order valence-electron chi connectivity index (χ3n) is 2.17. The summed E-state index contributed by atoms with van der Waals surface area (Å²) in [5.74, 6) is 0. The quantitative estimate of drug-likeness (QED) is 0.690. The lowest BCUT2D eigenvalue weighted by molar-refractivity contribution is -0.143. The van der Waals surface area contributed by atoms with Gasteiger partial charge in [0.2, 0.25) is 0 Å². The summed E-state index contributed by atoms with van der Waals surface area (Å²) in [6.45, 7) is 4.29. The van der Waals surface area contributed by atoms with Gasteiger partial charge in [0.1, 0.15) is 0 Å². The smallest absolute Gasteiger partial charge is 0.156 e. The van der Waals surface area contributed by atoms with Crippen LogP contribution in [-0.4, -0.2) is 19.0 Å². The highest BCUT2D eigenvalue weighted by molar-refractivity contribution is 5.17. The molecular weight excluding hydrogens is 202 g/mol. The van der Waals surface area contributed by atoms with Crippen molar-refractivity contribution in [2.75, 3.05) is 6.61 Å². The van der Waals surface area contributed by atoms with Gasteiger partial charge in [0, 0.05) is 13.0 Å². The number of rotatable bonds is 6. The topological polar surface area (TPSA) is 42.2 Å². The number of nitrogens with zero attached hydrogens (tertiary/aromatic N) is 1. The van der Waals surface area contributed by atoms with Gasteiger partial charge in [-0.1, -0.05) is 30.3 Å². The zero-order chi connectivity index (χ0) is 11.8. The molecule has 86 valence electrons. The van der Waals surface area contributed by atoms with Gasteiger partial charge in [-0.25, -0.2) is 0 Å². The Labute approximate surface area is 96.6 Å². The van der Waals surface area contributed by atoms with Crippen LogP contribution in [0.1, 0.15) is 19.4 Å². The third-order valence-corrected chi connectivity index (χ3v) is 2.17. The molecule has 2 unspecified atom stereocenters. The summed E-state index contributed by atoms with van der Waals surface area (Å²) in [5.41, 5.74) is 1.10. The van der Waals surface area contributed by atoms with Crippen molar-refractivity contribution in [1.29, 1.82) is 5.26 Å². The highest BCUT2D eigenvalue weighted by Gasteiger charge is 2.12. The second-order valence-electron chi connectivity index (χ2n) is 3.47. The second kappa shape index (κ2) is 7.00. The number of hydrogen-bond donors (Lipinski definition) is 0. The largest absolute Gasteiger partial charge is 0.353 e. The molecule has 0 spiro atoms. The third kappa shape index (κ3) is 4.43. The van der Waals surface area contributed by atoms with E-state index in [1.54, 1.807) is 6.92 Å². The average molecular weight is 219 g/mol. The fourth-order valence-corrected chi connectivity index (χ4v) is 1.46. The van der Waals surface area contributed by atoms with E-state index in [9.17, 15) is 0 Å². The van der Waals surface area contributed by atoms with E-state index >= 15 is 0 Å². The van der Waals surface area contributed by atoms with Gasteiger partial charge in [-0.3, -0.25) is 0 Å². The molecule has 0 N–H and O–H groups in total. The lowest BCUT2D eigenvalue weighted by atomic mass is 10.1. The van der Waals surface area contributed by atoms with Crippen LogP contribution in [0.4, 0.5) is 0 Å². The molecule has 0 aliphatic carbocycles. The molecule has 16 heavy (non-hydrogen) atoms. The van der Waals surface area contributed by atoms with E-state index in [0.717, 1.165) is 5.56 Å². The molecule has 3 nitrogen and oxygen atoms in total. The summed E-state index contributed by atoms with van der Waals surface area (Å²) in [7, 11) is 0. The number of nitriles is 1. The molecule has 1 aromatic carbocycles. The Morgan fingerprint density at radius 1 is 1.31 bits per heavy atom. The minimum atomic E-state index is -0.455. The highest BCUT2D eigenvalue weighted by atomic mass is 16.7. The zero-order valence-electron chi connectivity index (χ0n) is 9.72. The molecule has 0 heterocycles. The van der Waals surface area contributed by atoms with Gasteiger partial charge in [-0.15, -0.1) is 0 Å². The van der Waals surface area contributed by atoms with Gasteiger partial charge < -0.3 is 9.47 Å². The molecule has 0 amide bonds. The Morgan fingerprint density at radius 2 is 2.00 bits per heavy atom. The van der Waals surface area contributed by atoms with Crippen LogP contribution >= 0.6 is 0 Å². The Bertz CT molecular complexity index is 332. The molecule has 3 heteroatoms. The first-order valence-electron chi connectivity index (χ1n) is 5.47. The van der Waals surface area contributed by atoms with Crippen LogP contribution in [0.2, 0.25) is 0 Å². The minimum Gasteiger partial charge on any atom is -0.353 e. The molecule has 0 fully saturated rings. The molecule has 0 aliphatic heterocycles. The van der Waals surface area contributed by atoms with E-state index in [-0.39, 0.29) is 6.29 Å². The normalized spacial score (nSPS) is 14.1. The van der Waals surface area contributed by atoms with E-state index in [1.807, 2.05) is 37.3 Å². The maximum atomic E-state index is 8.97. The monoisotopic (exact) mass is 219 g/mol. The molecule has 0 bridgehead atoms. The van der Waals surface area contributed by atoms with Gasteiger partial charge in [0.25, 0.3) is 0 Å². The van der Waals surface area contributed by atoms with Crippen molar-refractivity contribution in [3.63, 3.8) is 0 Å². The lowest BCUT2D eigenvalue weighted by Gasteiger charge is -2.17. The molecule has 0 aromatic heterocycles. The minimum absolute atomic E-state index is 0.335. The first-order valence-corrected chi connectivity index (χ1v) is 5.47. The molecule has 0 saturated carbocycles. The first kappa shape index (κ1) is 12.7. The molecule has 0 aliphatic rings. The number of benzene rings is 1. The first-order chi connectivity index (χ1) is 7.76. The van der Waals surface area contributed by atoms with Crippen LogP contribution in [0.15, 0.2) is 30.3 Å². The van der Waals surface area contributed by atoms with Crippen LogP contribution in [0, 0.1) is 11.3 Å². The van der Waals surface area contributed by atoms with Crippen molar-refractivity contribution in [1.82, 2.24) is 0 Å². The van der Waals surface area contributed by atoms with Gasteiger partial charge in [-0.05, 0) is 19.4 Å². The van der Waals surface area contributed by atoms with Crippen molar-refractivity contribution in [3.05, 3.63) is 35.9 Å². The number of ether oxygens (including phenoxy) is 2. The highest BCUT2D eigenvalue weighted by Crippen LogP contribution is 2.08. The maximum absolute atomic E-state index is 8.97.